The Labute approximate surface area is 91.4 Å². The van der Waals surface area contributed by atoms with Crippen LogP contribution in [0.2, 0.25) is 0 Å². The van der Waals surface area contributed by atoms with Crippen LogP contribution in [-0.4, -0.2) is 20.4 Å². The fourth-order valence-corrected chi connectivity index (χ4v) is 2.77. The van der Waals surface area contributed by atoms with Crippen LogP contribution in [0, 0.1) is 10.1 Å². The van der Waals surface area contributed by atoms with Gasteiger partial charge in [0.1, 0.15) is 0 Å². The van der Waals surface area contributed by atoms with Gasteiger partial charge in [-0.05, 0) is 6.07 Å². The van der Waals surface area contributed by atoms with Crippen molar-refractivity contribution in [3.63, 3.8) is 0 Å². The average Bonchev–Trinajstić information content (AvgIpc) is 2.59. The van der Waals surface area contributed by atoms with E-state index in [4.69, 9.17) is 0 Å². The molecule has 0 radical (unpaired) electrons. The Balaban J connectivity index is 2.62. The Kier molecular flexibility index (Phi) is 2.49. The first-order valence-corrected chi connectivity index (χ1v) is 6.34. The number of nitro groups is 1. The van der Waals surface area contributed by atoms with Gasteiger partial charge in [-0.1, -0.05) is 0 Å². The molecule has 0 fully saturated rings. The minimum atomic E-state index is -1.14. The first kappa shape index (κ1) is 10.2. The maximum Gasteiger partial charge on any atom is 0.271 e. The maximum atomic E-state index is 11.2. The van der Waals surface area contributed by atoms with Gasteiger partial charge >= 0.3 is 0 Å². The summed E-state index contributed by atoms with van der Waals surface area (Å²) >= 11 is 1.29. The molecule has 2 rings (SSSR count). The van der Waals surface area contributed by atoms with Crippen molar-refractivity contribution in [1.29, 1.82) is 0 Å². The molecule has 7 heteroatoms. The molecule has 0 saturated heterocycles. The van der Waals surface area contributed by atoms with E-state index in [9.17, 15) is 14.3 Å². The molecule has 0 spiro atoms. The van der Waals surface area contributed by atoms with Crippen LogP contribution in [0.25, 0.3) is 10.2 Å². The van der Waals surface area contributed by atoms with E-state index in [2.05, 4.69) is 4.98 Å². The molecule has 1 aromatic carbocycles. The van der Waals surface area contributed by atoms with Crippen LogP contribution in [0.3, 0.4) is 0 Å². The zero-order valence-electron chi connectivity index (χ0n) is 7.67. The molecule has 0 saturated carbocycles. The van der Waals surface area contributed by atoms with Crippen LogP contribution in [0.4, 0.5) is 5.69 Å². The lowest BCUT2D eigenvalue weighted by molar-refractivity contribution is -0.384. The molecule has 0 aliphatic carbocycles. The second-order valence-corrected chi connectivity index (χ2v) is 5.43. The highest BCUT2D eigenvalue weighted by molar-refractivity contribution is 7.86. The van der Waals surface area contributed by atoms with E-state index in [0.29, 0.717) is 9.86 Å². The molecule has 5 nitrogen and oxygen atoms in total. The number of nitrogens with zero attached hydrogens (tertiary/aromatic N) is 2. The van der Waals surface area contributed by atoms with E-state index in [-0.39, 0.29) is 5.69 Å². The lowest BCUT2D eigenvalue weighted by Gasteiger charge is -1.88. The number of benzene rings is 1. The lowest BCUT2D eigenvalue weighted by Crippen LogP contribution is -1.87. The van der Waals surface area contributed by atoms with Crippen LogP contribution >= 0.6 is 11.3 Å². The predicted molar refractivity (Wildman–Crippen MR) is 58.6 cm³/mol. The highest BCUT2D eigenvalue weighted by Gasteiger charge is 2.11. The Bertz CT molecular complexity index is 552. The van der Waals surface area contributed by atoms with Crippen molar-refractivity contribution in [3.8, 4) is 0 Å². The number of nitro benzene ring substituents is 1. The number of non-ortho nitro benzene ring substituents is 1. The van der Waals surface area contributed by atoms with Gasteiger partial charge < -0.3 is 0 Å². The van der Waals surface area contributed by atoms with Gasteiger partial charge in [-0.25, -0.2) is 4.98 Å². The molecule has 0 aliphatic heterocycles. The highest BCUT2D eigenvalue weighted by Crippen LogP contribution is 2.27. The first-order valence-electron chi connectivity index (χ1n) is 3.96. The molecular formula is C8H6N2O3S2. The summed E-state index contributed by atoms with van der Waals surface area (Å²) in [6, 6.07) is 4.44. The summed E-state index contributed by atoms with van der Waals surface area (Å²) in [4.78, 5) is 14.1. The molecular weight excluding hydrogens is 236 g/mol. The molecule has 1 atom stereocenters. The van der Waals surface area contributed by atoms with Crippen molar-refractivity contribution in [3.05, 3.63) is 28.3 Å². The molecule has 0 amide bonds. The van der Waals surface area contributed by atoms with Gasteiger partial charge in [0.2, 0.25) is 0 Å². The topological polar surface area (TPSA) is 73.1 Å². The number of hydrogen-bond acceptors (Lipinski definition) is 5. The monoisotopic (exact) mass is 242 g/mol. The minimum absolute atomic E-state index is 0.00114. The van der Waals surface area contributed by atoms with E-state index >= 15 is 0 Å². The van der Waals surface area contributed by atoms with Gasteiger partial charge in [-0.15, -0.1) is 11.3 Å². The molecule has 1 heterocycles. The molecule has 2 aromatic rings. The fraction of sp³-hybridized carbons (Fsp3) is 0.125. The second-order valence-electron chi connectivity index (χ2n) is 2.84. The molecule has 0 unspecified atom stereocenters. The first-order chi connectivity index (χ1) is 7.08. The van der Waals surface area contributed by atoms with E-state index in [1.807, 2.05) is 0 Å². The van der Waals surface area contributed by atoms with Crippen molar-refractivity contribution < 1.29 is 9.13 Å². The Hall–Kier alpha value is -1.34. The molecule has 15 heavy (non-hydrogen) atoms. The van der Waals surface area contributed by atoms with Crippen LogP contribution in [0.1, 0.15) is 0 Å². The normalized spacial score (nSPS) is 12.9. The zero-order valence-corrected chi connectivity index (χ0v) is 9.30. The van der Waals surface area contributed by atoms with Gasteiger partial charge in [0.05, 0.1) is 25.9 Å². The van der Waals surface area contributed by atoms with Crippen molar-refractivity contribution in [2.45, 2.75) is 4.34 Å². The lowest BCUT2D eigenvalue weighted by atomic mass is 10.3. The zero-order chi connectivity index (χ0) is 11.0. The number of rotatable bonds is 2. The molecule has 0 bridgehead atoms. The van der Waals surface area contributed by atoms with Crippen LogP contribution in [0.5, 0.6) is 0 Å². The number of aromatic nitrogens is 1. The molecule has 0 aliphatic rings. The summed E-state index contributed by atoms with van der Waals surface area (Å²) < 4.78 is 12.5. The predicted octanol–water partition coefficient (Wildman–Crippen LogP) is 1.94. The summed E-state index contributed by atoms with van der Waals surface area (Å²) in [6.45, 7) is 0. The second kappa shape index (κ2) is 3.67. The van der Waals surface area contributed by atoms with Crippen molar-refractivity contribution in [1.82, 2.24) is 4.98 Å². The van der Waals surface area contributed by atoms with Crippen molar-refractivity contribution in [2.24, 2.45) is 0 Å². The molecule has 1 aromatic heterocycles. The minimum Gasteiger partial charge on any atom is -0.258 e. The number of thiazole rings is 1. The van der Waals surface area contributed by atoms with E-state index < -0.39 is 15.7 Å². The van der Waals surface area contributed by atoms with Gasteiger partial charge in [0, 0.05) is 18.4 Å². The third-order valence-corrected chi connectivity index (χ3v) is 4.18. The van der Waals surface area contributed by atoms with Crippen molar-refractivity contribution in [2.75, 3.05) is 6.26 Å². The SMILES string of the molecule is C[S@@](=O)c1nc2cc([N+](=O)[O-])ccc2s1. The summed E-state index contributed by atoms with van der Waals surface area (Å²) in [5.74, 6) is 0. The third-order valence-electron chi connectivity index (χ3n) is 1.81. The number of hydrogen-bond donors (Lipinski definition) is 0. The van der Waals surface area contributed by atoms with Crippen LogP contribution in [0.15, 0.2) is 22.5 Å². The Morgan fingerprint density at radius 3 is 2.87 bits per heavy atom. The maximum absolute atomic E-state index is 11.2. The highest BCUT2D eigenvalue weighted by atomic mass is 32.2. The van der Waals surface area contributed by atoms with E-state index in [1.165, 1.54) is 29.7 Å². The third kappa shape index (κ3) is 1.88. The smallest absolute Gasteiger partial charge is 0.258 e. The molecule has 0 N–H and O–H groups in total. The average molecular weight is 242 g/mol. The van der Waals surface area contributed by atoms with Crippen LogP contribution < -0.4 is 0 Å². The summed E-state index contributed by atoms with van der Waals surface area (Å²) in [5, 5.41) is 10.5. The quantitative estimate of drug-likeness (QED) is 0.596. The Morgan fingerprint density at radius 1 is 1.53 bits per heavy atom. The summed E-state index contributed by atoms with van der Waals surface area (Å²) in [6.07, 6.45) is 1.53. The van der Waals surface area contributed by atoms with E-state index in [0.717, 1.165) is 4.70 Å². The standard InChI is InChI=1S/C8H6N2O3S2/c1-15(13)8-9-6-4-5(10(11)12)2-3-7(6)14-8/h2-4H,1H3/t15-/m1/s1. The Morgan fingerprint density at radius 2 is 2.27 bits per heavy atom. The number of fused-ring (bicyclic) bond motifs is 1. The summed E-state index contributed by atoms with van der Waals surface area (Å²) in [7, 11) is -1.14. The van der Waals surface area contributed by atoms with Gasteiger partial charge in [0.25, 0.3) is 5.69 Å². The van der Waals surface area contributed by atoms with E-state index in [1.54, 1.807) is 6.07 Å². The van der Waals surface area contributed by atoms with Gasteiger partial charge in [-0.3, -0.25) is 14.3 Å². The van der Waals surface area contributed by atoms with Gasteiger partial charge in [-0.2, -0.15) is 0 Å². The van der Waals surface area contributed by atoms with Crippen LogP contribution in [-0.2, 0) is 10.8 Å². The fourth-order valence-electron chi connectivity index (χ4n) is 1.13. The molecule has 78 valence electrons. The largest absolute Gasteiger partial charge is 0.271 e. The summed E-state index contributed by atoms with van der Waals surface area (Å²) in [5.41, 5.74) is 0.528. The van der Waals surface area contributed by atoms with Gasteiger partial charge in [0.15, 0.2) is 4.34 Å². The van der Waals surface area contributed by atoms with Crippen molar-refractivity contribution >= 4 is 38.0 Å².